The maximum atomic E-state index is 12.7. The molecule has 5 rings (SSSR count). The predicted molar refractivity (Wildman–Crippen MR) is 111 cm³/mol. The Labute approximate surface area is 176 Å². The van der Waals surface area contributed by atoms with Crippen LogP contribution >= 0.6 is 0 Å². The van der Waals surface area contributed by atoms with Crippen molar-refractivity contribution in [3.63, 3.8) is 0 Å². The lowest BCUT2D eigenvalue weighted by atomic mass is 10.0. The molecule has 0 aliphatic carbocycles. The van der Waals surface area contributed by atoms with Gasteiger partial charge in [0, 0.05) is 17.5 Å². The van der Waals surface area contributed by atoms with E-state index in [1.807, 2.05) is 6.07 Å². The van der Waals surface area contributed by atoms with Crippen molar-refractivity contribution in [2.24, 2.45) is 0 Å². The molecule has 0 atom stereocenters. The minimum absolute atomic E-state index is 0.0352. The molecule has 0 radical (unpaired) electrons. The smallest absolute Gasteiger partial charge is 0.379 e. The number of hydrogen-bond donors (Lipinski definition) is 0. The van der Waals surface area contributed by atoms with E-state index in [9.17, 15) is 9.59 Å². The minimum Gasteiger partial charge on any atom is -0.493 e. The molecule has 1 aliphatic rings. The maximum Gasteiger partial charge on any atom is 0.379 e. The Kier molecular flexibility index (Phi) is 4.36. The minimum atomic E-state index is -0.673. The van der Waals surface area contributed by atoms with Gasteiger partial charge in [-0.05, 0) is 42.8 Å². The Bertz CT molecular complexity index is 1360. The fourth-order valence-corrected chi connectivity index (χ4v) is 3.49. The van der Waals surface area contributed by atoms with Crippen LogP contribution in [0.15, 0.2) is 69.4 Å². The fourth-order valence-electron chi connectivity index (χ4n) is 3.49. The van der Waals surface area contributed by atoms with E-state index >= 15 is 0 Å². The molecule has 0 saturated heterocycles. The number of aryl methyl sites for hydroxylation is 1. The van der Waals surface area contributed by atoms with Crippen LogP contribution in [0, 0.1) is 6.92 Å². The second-order valence-electron chi connectivity index (χ2n) is 6.95. The summed E-state index contributed by atoms with van der Waals surface area (Å²) in [6.07, 6.45) is 3.03. The SMILES string of the molecule is COc1cccc2cc(C(=O)Oc3cc(C)c4c(c3)O/C(=C\c3ccco3)C4=O)oc12. The molecule has 154 valence electrons. The van der Waals surface area contributed by atoms with Crippen LogP contribution in [-0.2, 0) is 0 Å². The summed E-state index contributed by atoms with van der Waals surface area (Å²) >= 11 is 0. The molecule has 0 unspecified atom stereocenters. The highest BCUT2D eigenvalue weighted by Crippen LogP contribution is 2.38. The second kappa shape index (κ2) is 7.21. The fraction of sp³-hybridized carbons (Fsp3) is 0.0833. The van der Waals surface area contributed by atoms with Crippen molar-refractivity contribution in [3.8, 4) is 17.2 Å². The Balaban J connectivity index is 1.43. The molecule has 1 aliphatic heterocycles. The molecular weight excluding hydrogens is 400 g/mol. The zero-order chi connectivity index (χ0) is 21.5. The molecular formula is C24H16O7. The average molecular weight is 416 g/mol. The molecule has 7 nitrogen and oxygen atoms in total. The number of hydrogen-bond acceptors (Lipinski definition) is 7. The Morgan fingerprint density at radius 1 is 1.10 bits per heavy atom. The van der Waals surface area contributed by atoms with E-state index in [4.69, 9.17) is 23.0 Å². The third-order valence-corrected chi connectivity index (χ3v) is 4.90. The number of furan rings is 2. The molecule has 7 heteroatoms. The number of Topliss-reactive ketones (excluding diaryl/α,β-unsaturated/α-hetero) is 1. The van der Waals surface area contributed by atoms with Crippen LogP contribution in [0.5, 0.6) is 17.2 Å². The van der Waals surface area contributed by atoms with Gasteiger partial charge in [-0.3, -0.25) is 4.79 Å². The highest BCUT2D eigenvalue weighted by molar-refractivity contribution is 6.15. The number of ether oxygens (including phenoxy) is 3. The third-order valence-electron chi connectivity index (χ3n) is 4.90. The topological polar surface area (TPSA) is 88.1 Å². The van der Waals surface area contributed by atoms with E-state index < -0.39 is 5.97 Å². The van der Waals surface area contributed by atoms with Crippen LogP contribution in [0.25, 0.3) is 17.0 Å². The summed E-state index contributed by atoms with van der Waals surface area (Å²) in [5.41, 5.74) is 1.51. The lowest BCUT2D eigenvalue weighted by molar-refractivity contribution is 0.0703. The summed E-state index contributed by atoms with van der Waals surface area (Å²) < 4.78 is 27.3. The third kappa shape index (κ3) is 3.26. The van der Waals surface area contributed by atoms with Gasteiger partial charge >= 0.3 is 5.97 Å². The maximum absolute atomic E-state index is 12.7. The number of benzene rings is 2. The number of fused-ring (bicyclic) bond motifs is 2. The summed E-state index contributed by atoms with van der Waals surface area (Å²) in [5.74, 6) is 0.819. The first-order valence-corrected chi connectivity index (χ1v) is 9.44. The predicted octanol–water partition coefficient (Wildman–Crippen LogP) is 5.18. The van der Waals surface area contributed by atoms with Gasteiger partial charge in [-0.15, -0.1) is 0 Å². The normalized spacial score (nSPS) is 14.0. The van der Waals surface area contributed by atoms with Crippen LogP contribution in [0.2, 0.25) is 0 Å². The zero-order valence-electron chi connectivity index (χ0n) is 16.6. The number of carbonyl (C=O) groups excluding carboxylic acids is 2. The molecule has 4 aromatic rings. The number of allylic oxidation sites excluding steroid dienone is 1. The number of rotatable bonds is 4. The molecule has 2 aromatic heterocycles. The van der Waals surface area contributed by atoms with Gasteiger partial charge < -0.3 is 23.0 Å². The second-order valence-corrected chi connectivity index (χ2v) is 6.95. The van der Waals surface area contributed by atoms with Gasteiger partial charge in [-0.25, -0.2) is 4.79 Å². The number of carbonyl (C=O) groups is 2. The van der Waals surface area contributed by atoms with Crippen molar-refractivity contribution in [3.05, 3.63) is 83.2 Å². The first-order valence-electron chi connectivity index (χ1n) is 9.44. The lowest BCUT2D eigenvalue weighted by Crippen LogP contribution is -2.07. The van der Waals surface area contributed by atoms with E-state index in [0.717, 1.165) is 5.39 Å². The number of para-hydroxylation sites is 1. The number of ketones is 1. The van der Waals surface area contributed by atoms with E-state index in [1.165, 1.54) is 25.5 Å². The van der Waals surface area contributed by atoms with Crippen molar-refractivity contribution in [2.75, 3.05) is 7.11 Å². The standard InChI is InChI=1S/C24H16O7/c1-13-9-16(12-18-21(13)22(25)19(30-18)11-15-6-4-8-28-15)29-24(26)20-10-14-5-3-7-17(27-2)23(14)31-20/h3-12H,1-2H3/b19-11-. The summed E-state index contributed by atoms with van der Waals surface area (Å²) in [4.78, 5) is 25.3. The molecule has 0 fully saturated rings. The molecule has 3 heterocycles. The van der Waals surface area contributed by atoms with Crippen LogP contribution in [0.4, 0.5) is 0 Å². The van der Waals surface area contributed by atoms with Crippen molar-refractivity contribution < 1.29 is 32.6 Å². The highest BCUT2D eigenvalue weighted by Gasteiger charge is 2.31. The van der Waals surface area contributed by atoms with E-state index in [-0.39, 0.29) is 23.1 Å². The summed E-state index contributed by atoms with van der Waals surface area (Å²) in [6.45, 7) is 1.75. The summed E-state index contributed by atoms with van der Waals surface area (Å²) in [5, 5.41) is 0.720. The van der Waals surface area contributed by atoms with Crippen molar-refractivity contribution >= 4 is 28.8 Å². The van der Waals surface area contributed by atoms with Crippen LogP contribution in [0.1, 0.15) is 32.2 Å². The van der Waals surface area contributed by atoms with Crippen molar-refractivity contribution in [1.29, 1.82) is 0 Å². The van der Waals surface area contributed by atoms with Crippen molar-refractivity contribution in [1.82, 2.24) is 0 Å². The van der Waals surface area contributed by atoms with Crippen LogP contribution < -0.4 is 14.2 Å². The van der Waals surface area contributed by atoms with E-state index in [1.54, 1.807) is 43.3 Å². The van der Waals surface area contributed by atoms with Crippen LogP contribution in [0.3, 0.4) is 0 Å². The van der Waals surface area contributed by atoms with Crippen LogP contribution in [-0.4, -0.2) is 18.9 Å². The molecule has 31 heavy (non-hydrogen) atoms. The first kappa shape index (κ1) is 18.7. The molecule has 0 saturated carbocycles. The average Bonchev–Trinajstić information content (AvgIpc) is 3.47. The van der Waals surface area contributed by atoms with E-state index in [2.05, 4.69) is 0 Å². The Morgan fingerprint density at radius 3 is 2.74 bits per heavy atom. The summed E-state index contributed by atoms with van der Waals surface area (Å²) in [6, 6.07) is 13.5. The first-order chi connectivity index (χ1) is 15.0. The van der Waals surface area contributed by atoms with Gasteiger partial charge in [0.05, 0.1) is 18.9 Å². The van der Waals surface area contributed by atoms with Gasteiger partial charge in [0.2, 0.25) is 11.5 Å². The summed E-state index contributed by atoms with van der Waals surface area (Å²) in [7, 11) is 1.53. The van der Waals surface area contributed by atoms with Gasteiger partial charge in [0.15, 0.2) is 17.1 Å². The zero-order valence-corrected chi connectivity index (χ0v) is 16.6. The van der Waals surface area contributed by atoms with Gasteiger partial charge in [0.1, 0.15) is 17.3 Å². The van der Waals surface area contributed by atoms with Gasteiger partial charge in [0.25, 0.3) is 0 Å². The Hall–Kier alpha value is -4.26. The van der Waals surface area contributed by atoms with E-state index in [0.29, 0.717) is 34.0 Å². The molecule has 0 spiro atoms. The Morgan fingerprint density at radius 2 is 1.97 bits per heavy atom. The molecule has 0 amide bonds. The lowest BCUT2D eigenvalue weighted by Gasteiger charge is -2.06. The molecule has 0 bridgehead atoms. The van der Waals surface area contributed by atoms with Gasteiger partial charge in [-0.2, -0.15) is 0 Å². The number of esters is 1. The van der Waals surface area contributed by atoms with Gasteiger partial charge in [-0.1, -0.05) is 12.1 Å². The molecule has 2 aromatic carbocycles. The quantitative estimate of drug-likeness (QED) is 0.257. The molecule has 0 N–H and O–H groups in total. The van der Waals surface area contributed by atoms with Crippen molar-refractivity contribution in [2.45, 2.75) is 6.92 Å². The monoisotopic (exact) mass is 416 g/mol. The largest absolute Gasteiger partial charge is 0.493 e. The highest BCUT2D eigenvalue weighted by atomic mass is 16.6. The number of methoxy groups -OCH3 is 1.